The van der Waals surface area contributed by atoms with Crippen LogP contribution in [-0.2, 0) is 17.6 Å². The minimum atomic E-state index is -2.02. The summed E-state index contributed by atoms with van der Waals surface area (Å²) in [6.45, 7) is 5.64. The van der Waals surface area contributed by atoms with Gasteiger partial charge in [0, 0.05) is 12.0 Å². The number of hydrogen-bond acceptors (Lipinski definition) is 2. The van der Waals surface area contributed by atoms with Gasteiger partial charge in [0.25, 0.3) is 0 Å². The van der Waals surface area contributed by atoms with Crippen molar-refractivity contribution in [2.24, 2.45) is 0 Å². The quantitative estimate of drug-likeness (QED) is 0.556. The molecule has 1 aromatic rings. The fraction of sp³-hybridized carbons (Fsp3) is 0.500. The van der Waals surface area contributed by atoms with E-state index in [1.807, 2.05) is 32.0 Å². The number of hydrogen-bond donors (Lipinski definition) is 0. The molecule has 0 radical (unpaired) electrons. The number of Topliss-reactive ketones (excluding diaryl/α,β-unsaturated/α-hetero) is 2. The van der Waals surface area contributed by atoms with E-state index in [2.05, 4.69) is 0 Å². The van der Waals surface area contributed by atoms with Crippen molar-refractivity contribution in [3.05, 3.63) is 34.9 Å². The van der Waals surface area contributed by atoms with E-state index in [1.165, 1.54) is 0 Å². The highest BCUT2D eigenvalue weighted by Gasteiger charge is 2.28. The van der Waals surface area contributed by atoms with E-state index < -0.39 is 17.7 Å². The van der Waals surface area contributed by atoms with Gasteiger partial charge in [-0.15, -0.1) is 0 Å². The van der Waals surface area contributed by atoms with Crippen LogP contribution in [0.3, 0.4) is 0 Å². The van der Waals surface area contributed by atoms with Crippen LogP contribution in [0.15, 0.2) is 18.2 Å². The Balaban J connectivity index is 3.14. The fourth-order valence-electron chi connectivity index (χ4n) is 2.21. The third kappa shape index (κ3) is 3.49. The van der Waals surface area contributed by atoms with Crippen LogP contribution in [0, 0.1) is 0 Å². The molecular weight excluding hydrogens is 243 g/mol. The summed E-state index contributed by atoms with van der Waals surface area (Å²) in [5.74, 6) is -1.28. The number of alkyl halides is 1. The molecule has 1 rings (SSSR count). The molecule has 0 aliphatic heterocycles. The van der Waals surface area contributed by atoms with E-state index in [0.717, 1.165) is 11.1 Å². The van der Waals surface area contributed by atoms with Crippen LogP contribution in [0.25, 0.3) is 0 Å². The lowest BCUT2D eigenvalue weighted by atomic mass is 9.91. The van der Waals surface area contributed by atoms with Crippen molar-refractivity contribution in [3.8, 4) is 0 Å². The second-order valence-corrected chi connectivity index (χ2v) is 4.60. The Morgan fingerprint density at radius 2 is 1.63 bits per heavy atom. The van der Waals surface area contributed by atoms with Crippen LogP contribution in [0.5, 0.6) is 0 Å². The molecule has 0 heterocycles. The van der Waals surface area contributed by atoms with Gasteiger partial charge in [0.1, 0.15) is 0 Å². The summed E-state index contributed by atoms with van der Waals surface area (Å²) in [6.07, 6.45) is -0.0312. The first-order valence-corrected chi connectivity index (χ1v) is 6.88. The Bertz CT molecular complexity index is 444. The molecule has 1 aromatic carbocycles. The van der Waals surface area contributed by atoms with Crippen molar-refractivity contribution in [2.45, 2.75) is 52.6 Å². The lowest BCUT2D eigenvalue weighted by Crippen LogP contribution is -2.27. The van der Waals surface area contributed by atoms with Crippen molar-refractivity contribution in [1.82, 2.24) is 0 Å². The molecular formula is C16H21FO2. The number of benzene rings is 1. The van der Waals surface area contributed by atoms with E-state index in [0.29, 0.717) is 24.8 Å². The van der Waals surface area contributed by atoms with Crippen LogP contribution in [0.2, 0.25) is 0 Å². The van der Waals surface area contributed by atoms with E-state index in [4.69, 9.17) is 0 Å². The average molecular weight is 264 g/mol. The lowest BCUT2D eigenvalue weighted by molar-refractivity contribution is -0.122. The largest absolute Gasteiger partial charge is 0.296 e. The minimum Gasteiger partial charge on any atom is -0.296 e. The molecule has 0 bridgehead atoms. The monoisotopic (exact) mass is 264 g/mol. The first-order valence-electron chi connectivity index (χ1n) is 6.88. The molecule has 0 saturated heterocycles. The van der Waals surface area contributed by atoms with Gasteiger partial charge in [-0.05, 0) is 30.4 Å². The van der Waals surface area contributed by atoms with Crippen molar-refractivity contribution < 1.29 is 14.0 Å². The molecule has 0 aliphatic carbocycles. The molecule has 2 nitrogen and oxygen atoms in total. The van der Waals surface area contributed by atoms with Crippen molar-refractivity contribution in [2.75, 3.05) is 0 Å². The maximum atomic E-state index is 14.0. The number of ketones is 2. The molecule has 0 aromatic heterocycles. The normalized spacial score (nSPS) is 12.2. The summed E-state index contributed by atoms with van der Waals surface area (Å²) in [6, 6.07) is 5.52. The number of carbonyl (C=O) groups excluding carboxylic acids is 2. The smallest absolute Gasteiger partial charge is 0.220 e. The van der Waals surface area contributed by atoms with Gasteiger partial charge < -0.3 is 0 Å². The van der Waals surface area contributed by atoms with E-state index in [1.54, 1.807) is 6.92 Å². The van der Waals surface area contributed by atoms with Crippen LogP contribution >= 0.6 is 0 Å². The van der Waals surface area contributed by atoms with E-state index in [-0.39, 0.29) is 6.42 Å². The van der Waals surface area contributed by atoms with E-state index in [9.17, 15) is 14.0 Å². The summed E-state index contributed by atoms with van der Waals surface area (Å²) in [5, 5.41) is 0. The number of aryl methyl sites for hydroxylation is 2. The van der Waals surface area contributed by atoms with Gasteiger partial charge >= 0.3 is 0 Å². The molecule has 0 spiro atoms. The summed E-state index contributed by atoms with van der Waals surface area (Å²) < 4.78 is 14.0. The number of halogens is 1. The van der Waals surface area contributed by atoms with Crippen LogP contribution in [0.4, 0.5) is 4.39 Å². The van der Waals surface area contributed by atoms with E-state index >= 15 is 0 Å². The topological polar surface area (TPSA) is 34.1 Å². The molecule has 104 valence electrons. The molecule has 1 atom stereocenters. The summed E-state index contributed by atoms with van der Waals surface area (Å²) in [5.41, 5.74) is 2.04. The summed E-state index contributed by atoms with van der Waals surface area (Å²) >= 11 is 0. The standard InChI is InChI=1S/C16H21FO2/c1-4-8-13(18)15(17)16(19)14-11(5-2)9-7-10-12(14)6-3/h7,9-10,15H,4-6,8H2,1-3H3. The summed E-state index contributed by atoms with van der Waals surface area (Å²) in [7, 11) is 0. The summed E-state index contributed by atoms with van der Waals surface area (Å²) in [4.78, 5) is 23.8. The first kappa shape index (κ1) is 15.5. The Labute approximate surface area is 114 Å². The molecule has 0 aliphatic rings. The lowest BCUT2D eigenvalue weighted by Gasteiger charge is -2.14. The maximum Gasteiger partial charge on any atom is 0.220 e. The second-order valence-electron chi connectivity index (χ2n) is 4.60. The Kier molecular flexibility index (Phi) is 5.87. The zero-order chi connectivity index (χ0) is 14.4. The number of carbonyl (C=O) groups is 2. The molecule has 0 saturated carbocycles. The third-order valence-corrected chi connectivity index (χ3v) is 3.25. The molecule has 0 N–H and O–H groups in total. The first-order chi connectivity index (χ1) is 9.06. The zero-order valence-electron chi connectivity index (χ0n) is 11.8. The van der Waals surface area contributed by atoms with Gasteiger partial charge in [0.15, 0.2) is 5.78 Å². The highest BCUT2D eigenvalue weighted by molar-refractivity contribution is 6.14. The highest BCUT2D eigenvalue weighted by atomic mass is 19.1. The SMILES string of the molecule is CCCC(=O)C(F)C(=O)c1c(CC)cccc1CC. The minimum absolute atomic E-state index is 0.114. The van der Waals surface area contributed by atoms with Crippen molar-refractivity contribution in [1.29, 1.82) is 0 Å². The van der Waals surface area contributed by atoms with Crippen LogP contribution in [0.1, 0.15) is 55.1 Å². The Hall–Kier alpha value is -1.51. The maximum absolute atomic E-state index is 14.0. The average Bonchev–Trinajstić information content (AvgIpc) is 2.44. The molecule has 3 heteroatoms. The molecule has 19 heavy (non-hydrogen) atoms. The Morgan fingerprint density at radius 3 is 2.05 bits per heavy atom. The second kappa shape index (κ2) is 7.17. The van der Waals surface area contributed by atoms with Crippen LogP contribution in [-0.4, -0.2) is 17.7 Å². The Morgan fingerprint density at radius 1 is 1.11 bits per heavy atom. The third-order valence-electron chi connectivity index (χ3n) is 3.25. The predicted octanol–water partition coefficient (Wildman–Crippen LogP) is 3.70. The molecule has 0 fully saturated rings. The number of rotatable bonds is 7. The fourth-order valence-corrected chi connectivity index (χ4v) is 2.21. The van der Waals surface area contributed by atoms with Gasteiger partial charge in [0.05, 0.1) is 0 Å². The van der Waals surface area contributed by atoms with Gasteiger partial charge in [-0.25, -0.2) is 4.39 Å². The molecule has 0 amide bonds. The van der Waals surface area contributed by atoms with Crippen molar-refractivity contribution >= 4 is 11.6 Å². The van der Waals surface area contributed by atoms with Gasteiger partial charge in [-0.2, -0.15) is 0 Å². The van der Waals surface area contributed by atoms with Crippen LogP contribution < -0.4 is 0 Å². The highest BCUT2D eigenvalue weighted by Crippen LogP contribution is 2.20. The van der Waals surface area contributed by atoms with Crippen molar-refractivity contribution in [3.63, 3.8) is 0 Å². The van der Waals surface area contributed by atoms with Gasteiger partial charge in [-0.3, -0.25) is 9.59 Å². The zero-order valence-corrected chi connectivity index (χ0v) is 11.8. The van der Waals surface area contributed by atoms with Gasteiger partial charge in [0.2, 0.25) is 12.0 Å². The predicted molar refractivity (Wildman–Crippen MR) is 74.3 cm³/mol. The van der Waals surface area contributed by atoms with Gasteiger partial charge in [-0.1, -0.05) is 39.0 Å². The molecule has 1 unspecified atom stereocenters.